The molecule has 2 amide bonds. The van der Waals surface area contributed by atoms with Crippen LogP contribution >= 0.6 is 0 Å². The smallest absolute Gasteiger partial charge is 0.231 e. The Morgan fingerprint density at radius 1 is 1.07 bits per heavy atom. The van der Waals surface area contributed by atoms with Gasteiger partial charge in [-0.2, -0.15) is 0 Å². The Morgan fingerprint density at radius 2 is 1.79 bits per heavy atom. The molecule has 1 N–H and O–H groups in total. The van der Waals surface area contributed by atoms with Crippen molar-refractivity contribution < 1.29 is 19.1 Å². The van der Waals surface area contributed by atoms with Crippen LogP contribution in [0, 0.1) is 11.8 Å². The molecule has 1 aliphatic carbocycles. The zero-order valence-electron chi connectivity index (χ0n) is 16.9. The van der Waals surface area contributed by atoms with Gasteiger partial charge in [-0.3, -0.25) is 14.5 Å². The van der Waals surface area contributed by atoms with Crippen molar-refractivity contribution in [1.29, 1.82) is 0 Å². The van der Waals surface area contributed by atoms with Crippen LogP contribution in [-0.2, 0) is 16.1 Å². The van der Waals surface area contributed by atoms with E-state index in [1.165, 1.54) is 5.56 Å². The molecule has 0 spiro atoms. The van der Waals surface area contributed by atoms with Gasteiger partial charge >= 0.3 is 0 Å². The molecule has 0 bridgehead atoms. The van der Waals surface area contributed by atoms with Crippen molar-refractivity contribution in [1.82, 2.24) is 15.1 Å². The summed E-state index contributed by atoms with van der Waals surface area (Å²) in [4.78, 5) is 29.2. The maximum atomic E-state index is 12.7. The molecular weight excluding hydrogens is 358 g/mol. The maximum absolute atomic E-state index is 12.7. The Morgan fingerprint density at radius 3 is 2.50 bits per heavy atom. The number of nitrogens with one attached hydrogen (secondary N) is 1. The largest absolute Gasteiger partial charge is 0.454 e. The Kier molecular flexibility index (Phi) is 4.95. The van der Waals surface area contributed by atoms with Crippen LogP contribution in [0.3, 0.4) is 0 Å². The standard InChI is InChI=1S/C21H29N3O4/c1-21(2,3)22-19(25)15-11-16(15)20(26)24-8-6-23(7-9-24)12-14-4-5-17-18(10-14)28-13-27-17/h4-5,10,15-16H,6-9,11-13H2,1-3H3,(H,22,25). The minimum absolute atomic E-state index is 0.00675. The van der Waals surface area contributed by atoms with Crippen molar-refractivity contribution in [3.63, 3.8) is 0 Å². The second-order valence-corrected chi connectivity index (χ2v) is 8.98. The van der Waals surface area contributed by atoms with Crippen molar-refractivity contribution in [3.8, 4) is 11.5 Å². The lowest BCUT2D eigenvalue weighted by Gasteiger charge is -2.35. The molecule has 3 aliphatic rings. The van der Waals surface area contributed by atoms with Gasteiger partial charge in [-0.15, -0.1) is 0 Å². The second-order valence-electron chi connectivity index (χ2n) is 8.98. The molecule has 2 unspecified atom stereocenters. The average Bonchev–Trinajstić information content (AvgIpc) is 3.31. The van der Waals surface area contributed by atoms with Gasteiger partial charge in [0.15, 0.2) is 11.5 Å². The number of fused-ring (bicyclic) bond motifs is 1. The Balaban J connectivity index is 1.24. The summed E-state index contributed by atoms with van der Waals surface area (Å²) < 4.78 is 10.8. The second kappa shape index (κ2) is 7.28. The maximum Gasteiger partial charge on any atom is 0.231 e. The number of benzene rings is 1. The Labute approximate surface area is 166 Å². The summed E-state index contributed by atoms with van der Waals surface area (Å²) in [5.41, 5.74) is 0.929. The minimum atomic E-state index is -0.256. The van der Waals surface area contributed by atoms with Gasteiger partial charge in [-0.25, -0.2) is 0 Å². The van der Waals surface area contributed by atoms with Crippen LogP contribution in [0.2, 0.25) is 0 Å². The molecule has 4 rings (SSSR count). The van der Waals surface area contributed by atoms with Crippen LogP contribution in [0.15, 0.2) is 18.2 Å². The van der Waals surface area contributed by atoms with E-state index in [2.05, 4.69) is 16.3 Å². The zero-order valence-corrected chi connectivity index (χ0v) is 16.9. The third-order valence-corrected chi connectivity index (χ3v) is 5.47. The first-order valence-electron chi connectivity index (χ1n) is 10.0. The van der Waals surface area contributed by atoms with E-state index in [9.17, 15) is 9.59 Å². The van der Waals surface area contributed by atoms with Gasteiger partial charge < -0.3 is 19.7 Å². The number of piperazine rings is 1. The van der Waals surface area contributed by atoms with Crippen LogP contribution < -0.4 is 14.8 Å². The summed E-state index contributed by atoms with van der Waals surface area (Å²) in [6.45, 7) is 10.1. The van der Waals surface area contributed by atoms with Gasteiger partial charge in [0, 0.05) is 38.3 Å². The fourth-order valence-corrected chi connectivity index (χ4v) is 3.88. The summed E-state index contributed by atoms with van der Waals surface area (Å²) >= 11 is 0. The molecule has 1 saturated carbocycles. The molecule has 2 atom stereocenters. The number of amides is 2. The van der Waals surface area contributed by atoms with Gasteiger partial charge in [0.2, 0.25) is 18.6 Å². The Bertz CT molecular complexity index is 765. The fourth-order valence-electron chi connectivity index (χ4n) is 3.88. The van der Waals surface area contributed by atoms with Gasteiger partial charge in [-0.1, -0.05) is 6.07 Å². The highest BCUT2D eigenvalue weighted by Gasteiger charge is 2.50. The topological polar surface area (TPSA) is 71.1 Å². The molecule has 0 aromatic heterocycles. The average molecular weight is 387 g/mol. The number of carbonyl (C=O) groups is 2. The van der Waals surface area contributed by atoms with E-state index in [1.807, 2.05) is 37.8 Å². The highest BCUT2D eigenvalue weighted by molar-refractivity contribution is 5.92. The first kappa shape index (κ1) is 19.1. The van der Waals surface area contributed by atoms with Gasteiger partial charge in [0.05, 0.1) is 11.8 Å². The molecular formula is C21H29N3O4. The predicted molar refractivity (Wildman–Crippen MR) is 104 cm³/mol. The molecule has 152 valence electrons. The molecule has 7 nitrogen and oxygen atoms in total. The summed E-state index contributed by atoms with van der Waals surface area (Å²) in [7, 11) is 0. The third-order valence-electron chi connectivity index (χ3n) is 5.47. The minimum Gasteiger partial charge on any atom is -0.454 e. The highest BCUT2D eigenvalue weighted by atomic mass is 16.7. The monoisotopic (exact) mass is 387 g/mol. The third kappa shape index (κ3) is 4.24. The number of rotatable bonds is 4. The van der Waals surface area contributed by atoms with Crippen molar-refractivity contribution >= 4 is 11.8 Å². The number of ether oxygens (including phenoxy) is 2. The molecule has 28 heavy (non-hydrogen) atoms. The van der Waals surface area contributed by atoms with E-state index in [0.717, 1.165) is 31.1 Å². The van der Waals surface area contributed by atoms with Gasteiger partial charge in [-0.05, 0) is 44.9 Å². The van der Waals surface area contributed by atoms with Crippen molar-refractivity contribution in [2.75, 3.05) is 33.0 Å². The summed E-state index contributed by atoms with van der Waals surface area (Å²) in [6.07, 6.45) is 0.679. The van der Waals surface area contributed by atoms with Crippen LogP contribution in [0.5, 0.6) is 11.5 Å². The molecule has 2 fully saturated rings. The van der Waals surface area contributed by atoms with E-state index in [0.29, 0.717) is 19.5 Å². The van der Waals surface area contributed by atoms with E-state index in [1.54, 1.807) is 0 Å². The SMILES string of the molecule is CC(C)(C)NC(=O)C1CC1C(=O)N1CCN(Cc2ccc3c(c2)OCO3)CC1. The van der Waals surface area contributed by atoms with Crippen molar-refractivity contribution in [2.24, 2.45) is 11.8 Å². The van der Waals surface area contributed by atoms with Crippen LogP contribution in [0.4, 0.5) is 0 Å². The quantitative estimate of drug-likeness (QED) is 0.850. The number of hydrogen-bond donors (Lipinski definition) is 1. The molecule has 0 radical (unpaired) electrons. The number of carbonyl (C=O) groups excluding carboxylic acids is 2. The molecule has 1 aromatic rings. The van der Waals surface area contributed by atoms with Crippen LogP contribution in [0.1, 0.15) is 32.8 Å². The normalized spacial score (nSPS) is 24.2. The highest BCUT2D eigenvalue weighted by Crippen LogP contribution is 2.40. The predicted octanol–water partition coefficient (Wildman–Crippen LogP) is 1.61. The number of hydrogen-bond acceptors (Lipinski definition) is 5. The molecule has 2 heterocycles. The molecule has 2 aliphatic heterocycles. The lowest BCUT2D eigenvalue weighted by atomic mass is 10.1. The molecule has 1 saturated heterocycles. The van der Waals surface area contributed by atoms with Gasteiger partial charge in [0.25, 0.3) is 0 Å². The molecule has 7 heteroatoms. The lowest BCUT2D eigenvalue weighted by molar-refractivity contribution is -0.136. The summed E-state index contributed by atoms with van der Waals surface area (Å²) in [5, 5.41) is 2.98. The summed E-state index contributed by atoms with van der Waals surface area (Å²) in [5.74, 6) is 1.46. The van der Waals surface area contributed by atoms with E-state index < -0.39 is 0 Å². The fraction of sp³-hybridized carbons (Fsp3) is 0.619. The lowest BCUT2D eigenvalue weighted by Crippen LogP contribution is -2.49. The van der Waals surface area contributed by atoms with E-state index in [-0.39, 0.29) is 36.0 Å². The summed E-state index contributed by atoms with van der Waals surface area (Å²) in [6, 6.07) is 6.05. The van der Waals surface area contributed by atoms with E-state index >= 15 is 0 Å². The van der Waals surface area contributed by atoms with Crippen LogP contribution in [-0.4, -0.2) is 60.1 Å². The van der Waals surface area contributed by atoms with Gasteiger partial charge in [0.1, 0.15) is 0 Å². The van der Waals surface area contributed by atoms with Crippen molar-refractivity contribution in [3.05, 3.63) is 23.8 Å². The first-order valence-corrected chi connectivity index (χ1v) is 10.0. The first-order chi connectivity index (χ1) is 13.3. The zero-order chi connectivity index (χ0) is 19.9. The van der Waals surface area contributed by atoms with E-state index in [4.69, 9.17) is 9.47 Å². The van der Waals surface area contributed by atoms with Crippen molar-refractivity contribution in [2.45, 2.75) is 39.3 Å². The van der Waals surface area contributed by atoms with Crippen LogP contribution in [0.25, 0.3) is 0 Å². The number of nitrogens with zero attached hydrogens (tertiary/aromatic N) is 2. The molecule has 1 aromatic carbocycles. The Hall–Kier alpha value is -2.28.